The maximum absolute atomic E-state index is 14.3. The summed E-state index contributed by atoms with van der Waals surface area (Å²) in [7, 11) is -1.73. The van der Waals surface area contributed by atoms with Gasteiger partial charge < -0.3 is 0 Å². The smallest absolute Gasteiger partial charge is 0.258 e. The molecule has 0 saturated heterocycles. The van der Waals surface area contributed by atoms with E-state index in [4.69, 9.17) is 5.26 Å². The van der Waals surface area contributed by atoms with Gasteiger partial charge in [-0.3, -0.25) is 10.1 Å². The van der Waals surface area contributed by atoms with E-state index in [0.717, 1.165) is 12.3 Å². The van der Waals surface area contributed by atoms with Crippen LogP contribution in [0.1, 0.15) is 11.1 Å². The van der Waals surface area contributed by atoms with Crippen molar-refractivity contribution in [3.05, 3.63) is 57.5 Å². The highest BCUT2D eigenvalue weighted by Crippen LogP contribution is 2.27. The van der Waals surface area contributed by atoms with E-state index in [1.54, 1.807) is 0 Å². The van der Waals surface area contributed by atoms with E-state index in [1.807, 2.05) is 25.7 Å². The monoisotopic (exact) mass is 339 g/mol. The second-order valence-corrected chi connectivity index (χ2v) is 10.9. The lowest BCUT2D eigenvalue weighted by Gasteiger charge is -2.07. The minimum absolute atomic E-state index is 0.156. The van der Waals surface area contributed by atoms with Gasteiger partial charge in [-0.25, -0.2) is 9.37 Å². The normalized spacial score (nSPS) is 10.5. The maximum atomic E-state index is 14.3. The average molecular weight is 339 g/mol. The van der Waals surface area contributed by atoms with Crippen LogP contribution in [0.25, 0.3) is 11.3 Å². The highest BCUT2D eigenvalue weighted by Gasteiger charge is 2.16. The van der Waals surface area contributed by atoms with Crippen molar-refractivity contribution in [3.8, 4) is 28.8 Å². The van der Waals surface area contributed by atoms with E-state index in [9.17, 15) is 14.5 Å². The summed E-state index contributed by atoms with van der Waals surface area (Å²) in [6, 6.07) is 7.16. The van der Waals surface area contributed by atoms with Crippen LogP contribution in [0.4, 0.5) is 10.1 Å². The van der Waals surface area contributed by atoms with Crippen LogP contribution in [-0.2, 0) is 0 Å². The van der Waals surface area contributed by atoms with Crippen LogP contribution in [0.3, 0.4) is 0 Å². The molecule has 0 spiro atoms. The summed E-state index contributed by atoms with van der Waals surface area (Å²) in [5.41, 5.74) is 3.78. The number of benzene rings is 1. The Labute approximate surface area is 139 Å². The molecule has 0 unspecified atom stereocenters. The van der Waals surface area contributed by atoms with Gasteiger partial charge in [0.05, 0.1) is 27.8 Å². The molecule has 120 valence electrons. The van der Waals surface area contributed by atoms with E-state index in [2.05, 4.69) is 16.4 Å². The number of halogens is 1. The van der Waals surface area contributed by atoms with Crippen molar-refractivity contribution in [1.82, 2.24) is 4.98 Å². The number of nitro groups is 1. The standard InChI is InChI=1S/C17H14FN3O2Si/c1-24(2,3)7-6-13-9-14(21(22)23)11-20-17(13)15-5-4-12(10-19)8-16(15)18/h4-5,8-9,11H,1-3H3. The molecule has 0 bridgehead atoms. The third-order valence-electron chi connectivity index (χ3n) is 3.01. The Bertz CT molecular complexity index is 918. The van der Waals surface area contributed by atoms with E-state index < -0.39 is 18.8 Å². The van der Waals surface area contributed by atoms with Gasteiger partial charge in [0.25, 0.3) is 5.69 Å². The fraction of sp³-hybridized carbons (Fsp3) is 0.176. The number of hydrogen-bond acceptors (Lipinski definition) is 4. The summed E-state index contributed by atoms with van der Waals surface area (Å²) in [5, 5.41) is 19.8. The van der Waals surface area contributed by atoms with Gasteiger partial charge in [0, 0.05) is 11.6 Å². The minimum Gasteiger partial charge on any atom is -0.258 e. The first-order chi connectivity index (χ1) is 11.2. The van der Waals surface area contributed by atoms with Gasteiger partial charge in [0.1, 0.15) is 20.1 Å². The first kappa shape index (κ1) is 17.3. The number of pyridine rings is 1. The van der Waals surface area contributed by atoms with Gasteiger partial charge in [-0.05, 0) is 18.2 Å². The molecule has 0 atom stereocenters. The Morgan fingerprint density at radius 3 is 2.54 bits per heavy atom. The Balaban J connectivity index is 2.67. The molecule has 0 radical (unpaired) electrons. The van der Waals surface area contributed by atoms with Crippen LogP contribution in [0, 0.1) is 38.7 Å². The number of aromatic nitrogens is 1. The van der Waals surface area contributed by atoms with Crippen LogP contribution in [0.5, 0.6) is 0 Å². The Kier molecular flexibility index (Phi) is 4.77. The second kappa shape index (κ2) is 6.61. The lowest BCUT2D eigenvalue weighted by Crippen LogP contribution is -2.16. The molecule has 0 fully saturated rings. The van der Waals surface area contributed by atoms with Crippen molar-refractivity contribution < 1.29 is 9.31 Å². The van der Waals surface area contributed by atoms with Crippen LogP contribution in [0.15, 0.2) is 30.5 Å². The molecule has 5 nitrogen and oxygen atoms in total. The molecular formula is C17H14FN3O2Si. The SMILES string of the molecule is C[Si](C)(C)C#Cc1cc([N+](=O)[O-])cnc1-c1ccc(C#N)cc1F. The van der Waals surface area contributed by atoms with Gasteiger partial charge >= 0.3 is 0 Å². The summed E-state index contributed by atoms with van der Waals surface area (Å²) >= 11 is 0. The molecule has 0 aliphatic rings. The number of rotatable bonds is 2. The average Bonchev–Trinajstić information content (AvgIpc) is 2.52. The number of nitrogens with zero attached hydrogens (tertiary/aromatic N) is 3. The van der Waals surface area contributed by atoms with Gasteiger partial charge in [0.2, 0.25) is 0 Å². The van der Waals surface area contributed by atoms with Crippen molar-refractivity contribution in [3.63, 3.8) is 0 Å². The zero-order valence-electron chi connectivity index (χ0n) is 13.4. The molecule has 7 heteroatoms. The Morgan fingerprint density at radius 1 is 1.29 bits per heavy atom. The van der Waals surface area contributed by atoms with Gasteiger partial charge in [0.15, 0.2) is 0 Å². The molecular weight excluding hydrogens is 325 g/mol. The number of nitriles is 1. The van der Waals surface area contributed by atoms with Crippen molar-refractivity contribution in [2.45, 2.75) is 19.6 Å². The first-order valence-electron chi connectivity index (χ1n) is 7.09. The van der Waals surface area contributed by atoms with Crippen LogP contribution in [-0.4, -0.2) is 18.0 Å². The summed E-state index contributed by atoms with van der Waals surface area (Å²) in [6.45, 7) is 6.10. The van der Waals surface area contributed by atoms with Crippen molar-refractivity contribution in [2.24, 2.45) is 0 Å². The van der Waals surface area contributed by atoms with E-state index >= 15 is 0 Å². The second-order valence-electron chi connectivity index (χ2n) is 6.15. The van der Waals surface area contributed by atoms with Crippen molar-refractivity contribution >= 4 is 13.8 Å². The maximum Gasteiger partial charge on any atom is 0.288 e. The van der Waals surface area contributed by atoms with Crippen molar-refractivity contribution in [2.75, 3.05) is 0 Å². The Morgan fingerprint density at radius 2 is 2.00 bits per heavy atom. The van der Waals surface area contributed by atoms with E-state index in [-0.39, 0.29) is 22.5 Å². The lowest BCUT2D eigenvalue weighted by atomic mass is 10.0. The number of hydrogen-bond donors (Lipinski definition) is 0. The summed E-state index contributed by atoms with van der Waals surface area (Å²) < 4.78 is 14.3. The molecule has 2 rings (SSSR count). The van der Waals surface area contributed by atoms with E-state index in [1.165, 1.54) is 18.2 Å². The summed E-state index contributed by atoms with van der Waals surface area (Å²) in [5.74, 6) is 2.30. The molecule has 0 amide bonds. The first-order valence-corrected chi connectivity index (χ1v) is 10.6. The quantitative estimate of drug-likeness (QED) is 0.360. The zero-order valence-corrected chi connectivity index (χ0v) is 14.4. The topological polar surface area (TPSA) is 79.8 Å². The zero-order chi connectivity index (χ0) is 17.9. The van der Waals surface area contributed by atoms with Crippen LogP contribution in [0.2, 0.25) is 19.6 Å². The van der Waals surface area contributed by atoms with Gasteiger partial charge in [-0.1, -0.05) is 25.6 Å². The van der Waals surface area contributed by atoms with Gasteiger partial charge in [-0.15, -0.1) is 5.54 Å². The highest BCUT2D eigenvalue weighted by atomic mass is 28.3. The fourth-order valence-corrected chi connectivity index (χ4v) is 2.40. The summed E-state index contributed by atoms with van der Waals surface area (Å²) in [4.78, 5) is 14.4. The molecule has 1 heterocycles. The van der Waals surface area contributed by atoms with Crippen LogP contribution < -0.4 is 0 Å². The van der Waals surface area contributed by atoms with E-state index in [0.29, 0.717) is 5.56 Å². The molecule has 0 aliphatic carbocycles. The molecule has 1 aromatic carbocycles. The van der Waals surface area contributed by atoms with Gasteiger partial charge in [-0.2, -0.15) is 5.26 Å². The molecule has 1 aromatic heterocycles. The Hall–Kier alpha value is -3.03. The minimum atomic E-state index is -1.73. The molecule has 0 aliphatic heterocycles. The predicted molar refractivity (Wildman–Crippen MR) is 91.2 cm³/mol. The van der Waals surface area contributed by atoms with Crippen molar-refractivity contribution in [1.29, 1.82) is 5.26 Å². The molecule has 0 N–H and O–H groups in total. The predicted octanol–water partition coefficient (Wildman–Crippen LogP) is 3.90. The van der Waals surface area contributed by atoms with Crippen LogP contribution >= 0.6 is 0 Å². The third kappa shape index (κ3) is 4.03. The fourth-order valence-electron chi connectivity index (χ4n) is 1.90. The molecule has 0 saturated carbocycles. The lowest BCUT2D eigenvalue weighted by molar-refractivity contribution is -0.385. The summed E-state index contributed by atoms with van der Waals surface area (Å²) in [6.07, 6.45) is 1.08. The largest absolute Gasteiger partial charge is 0.288 e. The molecule has 24 heavy (non-hydrogen) atoms. The molecule has 2 aromatic rings. The highest BCUT2D eigenvalue weighted by molar-refractivity contribution is 6.83. The third-order valence-corrected chi connectivity index (χ3v) is 3.88.